The Labute approximate surface area is 123 Å². The van der Waals surface area contributed by atoms with Gasteiger partial charge in [0, 0.05) is 28.8 Å². The molecular weight excluding hydrogens is 300 g/mol. The summed E-state index contributed by atoms with van der Waals surface area (Å²) in [6.45, 7) is 4.21. The Kier molecular flexibility index (Phi) is 4.72. The molecule has 0 saturated heterocycles. The predicted octanol–water partition coefficient (Wildman–Crippen LogP) is 3.96. The summed E-state index contributed by atoms with van der Waals surface area (Å²) in [6.07, 6.45) is 2.76. The molecule has 0 radical (unpaired) electrons. The number of aromatic nitrogens is 1. The van der Waals surface area contributed by atoms with E-state index < -0.39 is 0 Å². The minimum atomic E-state index is 0.283. The van der Waals surface area contributed by atoms with E-state index in [0.29, 0.717) is 0 Å². The maximum atomic E-state index is 4.48. The average molecular weight is 319 g/mol. The van der Waals surface area contributed by atoms with E-state index in [1.54, 1.807) is 0 Å². The molecule has 0 bridgehead atoms. The van der Waals surface area contributed by atoms with Gasteiger partial charge in [0.05, 0.1) is 0 Å². The number of hydrogen-bond donors (Lipinski definition) is 1. The fourth-order valence-electron chi connectivity index (χ4n) is 2.14. The van der Waals surface area contributed by atoms with Crippen LogP contribution in [0.1, 0.15) is 28.4 Å². The van der Waals surface area contributed by atoms with Crippen molar-refractivity contribution in [3.63, 3.8) is 0 Å². The van der Waals surface area contributed by atoms with Gasteiger partial charge in [0.15, 0.2) is 0 Å². The molecule has 0 fully saturated rings. The van der Waals surface area contributed by atoms with E-state index >= 15 is 0 Å². The molecular formula is C16H19BrN2. The van der Waals surface area contributed by atoms with Crippen LogP contribution in [-0.4, -0.2) is 12.0 Å². The van der Waals surface area contributed by atoms with Crippen LogP contribution >= 0.6 is 15.9 Å². The van der Waals surface area contributed by atoms with Crippen LogP contribution < -0.4 is 5.32 Å². The number of rotatable bonds is 4. The molecule has 0 aliphatic carbocycles. The maximum Gasteiger partial charge on any atom is 0.0451 e. The smallest absolute Gasteiger partial charge is 0.0451 e. The van der Waals surface area contributed by atoms with E-state index in [0.717, 1.165) is 16.6 Å². The summed E-state index contributed by atoms with van der Waals surface area (Å²) < 4.78 is 1.16. The highest BCUT2D eigenvalue weighted by atomic mass is 79.9. The number of benzene rings is 1. The standard InChI is InChI=1S/C16H19BrN2/c1-11-6-7-13(9-14(11)17)16(18-3)10-15-12(2)5-4-8-19-15/h4-9,16,18H,10H2,1-3H3. The number of aryl methyl sites for hydroxylation is 2. The van der Waals surface area contributed by atoms with Crippen LogP contribution in [0.5, 0.6) is 0 Å². The molecule has 1 unspecified atom stereocenters. The molecule has 0 aliphatic heterocycles. The normalized spacial score (nSPS) is 12.4. The van der Waals surface area contributed by atoms with Crippen LogP contribution in [0.3, 0.4) is 0 Å². The lowest BCUT2D eigenvalue weighted by molar-refractivity contribution is 0.582. The van der Waals surface area contributed by atoms with Gasteiger partial charge >= 0.3 is 0 Å². The topological polar surface area (TPSA) is 24.9 Å². The molecule has 3 heteroatoms. The Morgan fingerprint density at radius 3 is 2.63 bits per heavy atom. The average Bonchev–Trinajstić information content (AvgIpc) is 2.41. The fourth-order valence-corrected chi connectivity index (χ4v) is 2.53. The second kappa shape index (κ2) is 6.31. The third kappa shape index (κ3) is 3.43. The van der Waals surface area contributed by atoms with Gasteiger partial charge in [-0.3, -0.25) is 4.98 Å². The maximum absolute atomic E-state index is 4.48. The number of hydrogen-bond acceptors (Lipinski definition) is 2. The van der Waals surface area contributed by atoms with Crippen LogP contribution in [0.25, 0.3) is 0 Å². The highest BCUT2D eigenvalue weighted by molar-refractivity contribution is 9.10. The van der Waals surface area contributed by atoms with Gasteiger partial charge < -0.3 is 5.32 Å². The van der Waals surface area contributed by atoms with Gasteiger partial charge in [-0.15, -0.1) is 0 Å². The Hall–Kier alpha value is -1.19. The second-order valence-electron chi connectivity index (χ2n) is 4.82. The minimum Gasteiger partial charge on any atom is -0.313 e. The Balaban J connectivity index is 2.25. The zero-order valence-electron chi connectivity index (χ0n) is 11.6. The van der Waals surface area contributed by atoms with Crippen molar-refractivity contribution in [3.05, 3.63) is 63.4 Å². The molecule has 1 aromatic heterocycles. The molecule has 1 N–H and O–H groups in total. The van der Waals surface area contributed by atoms with Crippen molar-refractivity contribution < 1.29 is 0 Å². The van der Waals surface area contributed by atoms with Crippen LogP contribution in [0, 0.1) is 13.8 Å². The van der Waals surface area contributed by atoms with E-state index in [9.17, 15) is 0 Å². The summed E-state index contributed by atoms with van der Waals surface area (Å²) in [5.41, 5.74) is 4.94. The first-order valence-corrected chi connectivity index (χ1v) is 7.25. The summed E-state index contributed by atoms with van der Waals surface area (Å²) in [4.78, 5) is 4.48. The molecule has 19 heavy (non-hydrogen) atoms. The number of nitrogens with zero attached hydrogens (tertiary/aromatic N) is 1. The number of halogens is 1. The highest BCUT2D eigenvalue weighted by Crippen LogP contribution is 2.24. The third-order valence-corrected chi connectivity index (χ3v) is 4.32. The van der Waals surface area contributed by atoms with E-state index in [1.165, 1.54) is 16.7 Å². The second-order valence-corrected chi connectivity index (χ2v) is 5.68. The molecule has 0 aliphatic rings. The largest absolute Gasteiger partial charge is 0.313 e. The molecule has 0 amide bonds. The molecule has 1 aromatic carbocycles. The number of likely N-dealkylation sites (N-methyl/N-ethyl adjacent to an activating group) is 1. The Morgan fingerprint density at radius 2 is 2.00 bits per heavy atom. The molecule has 0 saturated carbocycles. The van der Waals surface area contributed by atoms with E-state index in [1.807, 2.05) is 19.3 Å². The first-order valence-electron chi connectivity index (χ1n) is 6.45. The van der Waals surface area contributed by atoms with Crippen molar-refractivity contribution >= 4 is 15.9 Å². The zero-order valence-corrected chi connectivity index (χ0v) is 13.2. The Morgan fingerprint density at radius 1 is 1.21 bits per heavy atom. The van der Waals surface area contributed by atoms with Crippen LogP contribution in [-0.2, 0) is 6.42 Å². The van der Waals surface area contributed by atoms with Gasteiger partial charge in [-0.1, -0.05) is 34.1 Å². The molecule has 2 rings (SSSR count). The van der Waals surface area contributed by atoms with Crippen LogP contribution in [0.4, 0.5) is 0 Å². The van der Waals surface area contributed by atoms with Gasteiger partial charge in [0.25, 0.3) is 0 Å². The number of pyridine rings is 1. The van der Waals surface area contributed by atoms with Gasteiger partial charge in [-0.2, -0.15) is 0 Å². The van der Waals surface area contributed by atoms with Crippen molar-refractivity contribution in [3.8, 4) is 0 Å². The molecule has 2 aromatic rings. The molecule has 1 heterocycles. The lowest BCUT2D eigenvalue weighted by Gasteiger charge is -2.18. The fraction of sp³-hybridized carbons (Fsp3) is 0.312. The molecule has 1 atom stereocenters. The van der Waals surface area contributed by atoms with Crippen molar-refractivity contribution in [2.75, 3.05) is 7.05 Å². The number of nitrogens with one attached hydrogen (secondary N) is 1. The van der Waals surface area contributed by atoms with Gasteiger partial charge in [-0.25, -0.2) is 0 Å². The third-order valence-electron chi connectivity index (χ3n) is 3.46. The van der Waals surface area contributed by atoms with Gasteiger partial charge in [0.1, 0.15) is 0 Å². The summed E-state index contributed by atoms with van der Waals surface area (Å²) in [6, 6.07) is 10.9. The zero-order chi connectivity index (χ0) is 13.8. The Bertz CT molecular complexity index is 566. The van der Waals surface area contributed by atoms with E-state index in [4.69, 9.17) is 0 Å². The minimum absolute atomic E-state index is 0.283. The van der Waals surface area contributed by atoms with Crippen LogP contribution in [0.2, 0.25) is 0 Å². The first kappa shape index (κ1) is 14.2. The van der Waals surface area contributed by atoms with Crippen LogP contribution in [0.15, 0.2) is 41.0 Å². The predicted molar refractivity (Wildman–Crippen MR) is 83.4 cm³/mol. The van der Waals surface area contributed by atoms with Gasteiger partial charge in [0.2, 0.25) is 0 Å². The highest BCUT2D eigenvalue weighted by Gasteiger charge is 2.13. The molecule has 100 valence electrons. The summed E-state index contributed by atoms with van der Waals surface area (Å²) in [5, 5.41) is 3.38. The van der Waals surface area contributed by atoms with E-state index in [-0.39, 0.29) is 6.04 Å². The molecule has 0 spiro atoms. The SMILES string of the molecule is CNC(Cc1ncccc1C)c1ccc(C)c(Br)c1. The first-order chi connectivity index (χ1) is 9.11. The summed E-state index contributed by atoms with van der Waals surface area (Å²) in [5.74, 6) is 0. The van der Waals surface area contributed by atoms with E-state index in [2.05, 4.69) is 64.3 Å². The molecule has 2 nitrogen and oxygen atoms in total. The lowest BCUT2D eigenvalue weighted by atomic mass is 9.99. The van der Waals surface area contributed by atoms with Crippen molar-refractivity contribution in [2.45, 2.75) is 26.3 Å². The summed E-state index contributed by atoms with van der Waals surface area (Å²) in [7, 11) is 2.00. The lowest BCUT2D eigenvalue weighted by Crippen LogP contribution is -2.19. The van der Waals surface area contributed by atoms with Gasteiger partial charge in [-0.05, 0) is 49.7 Å². The van der Waals surface area contributed by atoms with Crippen molar-refractivity contribution in [1.82, 2.24) is 10.3 Å². The van der Waals surface area contributed by atoms with Crippen molar-refractivity contribution in [2.24, 2.45) is 0 Å². The quantitative estimate of drug-likeness (QED) is 0.922. The summed E-state index contributed by atoms with van der Waals surface area (Å²) >= 11 is 3.60. The monoisotopic (exact) mass is 318 g/mol. The van der Waals surface area contributed by atoms with Crippen molar-refractivity contribution in [1.29, 1.82) is 0 Å².